The van der Waals surface area contributed by atoms with Crippen molar-refractivity contribution in [2.45, 2.75) is 92.5 Å². The summed E-state index contributed by atoms with van der Waals surface area (Å²) < 4.78 is 55.5. The minimum atomic E-state index is -0.327. The van der Waals surface area contributed by atoms with Gasteiger partial charge in [0.15, 0.2) is 34.5 Å². The van der Waals surface area contributed by atoms with E-state index in [2.05, 4.69) is 80.7 Å². The number of rotatable bonds is 8. The topological polar surface area (TPSA) is 179 Å². The third-order valence-corrected chi connectivity index (χ3v) is 16.6. The molecule has 90 heavy (non-hydrogen) atoms. The molecule has 466 valence electrons. The summed E-state index contributed by atoms with van der Waals surface area (Å²) >= 11 is -0.139. The largest absolute Gasteiger partial charge is 0.496 e. The molecule has 0 spiro atoms. The highest BCUT2D eigenvalue weighted by atomic mass is 27.2. The summed E-state index contributed by atoms with van der Waals surface area (Å²) in [5.41, 5.74) is 15.9. The fraction of sp³-hybridized carbons (Fsp3) is 0.301. The number of fused-ring (bicyclic) bond motifs is 8. The van der Waals surface area contributed by atoms with Gasteiger partial charge in [0.25, 0.3) is 26.0 Å². The minimum absolute atomic E-state index is 0.0149. The highest BCUT2D eigenvalue weighted by Crippen LogP contribution is 2.51. The highest BCUT2D eigenvalue weighted by Gasteiger charge is 2.36. The van der Waals surface area contributed by atoms with Crippen LogP contribution in [0.15, 0.2) is 91.0 Å². The minimum Gasteiger partial charge on any atom is -0.496 e. The third kappa shape index (κ3) is 11.6. The van der Waals surface area contributed by atoms with Crippen LogP contribution >= 0.6 is 0 Å². The first-order chi connectivity index (χ1) is 43.3. The summed E-state index contributed by atoms with van der Waals surface area (Å²) in [6.45, 7) is 17.4. The number of ether oxygens (including phenoxy) is 10. The van der Waals surface area contributed by atoms with Gasteiger partial charge in [0.05, 0.1) is 51.2 Å². The number of carbonyl (C=O) groups excluding carboxylic acids is 3. The van der Waals surface area contributed by atoms with Gasteiger partial charge in [-0.15, -0.1) is 17.4 Å². The van der Waals surface area contributed by atoms with Crippen LogP contribution in [-0.2, 0) is 24.5 Å². The van der Waals surface area contributed by atoms with E-state index in [0.29, 0.717) is 69.0 Å². The number of cyclic esters (lactones) is 1. The van der Waals surface area contributed by atoms with Crippen LogP contribution in [-0.4, -0.2) is 97.7 Å². The molecule has 0 unspecified atom stereocenters. The molecule has 0 aliphatic carbocycles. The molecule has 2 amide bonds. The number of nitrogens with one attached hydrogen (secondary N) is 1. The first-order valence-electron chi connectivity index (χ1n) is 30.2. The smallest absolute Gasteiger partial charge is 0.339 e. The Kier molecular flexibility index (Phi) is 18.8. The van der Waals surface area contributed by atoms with Crippen molar-refractivity contribution < 1.29 is 66.9 Å². The van der Waals surface area contributed by atoms with Gasteiger partial charge in [-0.1, -0.05) is 50.2 Å². The van der Waals surface area contributed by atoms with Gasteiger partial charge in [-0.2, -0.15) is 0 Å². The van der Waals surface area contributed by atoms with Crippen molar-refractivity contribution in [2.24, 2.45) is 0 Å². The van der Waals surface area contributed by atoms with Crippen LogP contribution in [0.1, 0.15) is 95.0 Å². The molecule has 5 aliphatic rings. The zero-order valence-electron chi connectivity index (χ0n) is 54.2. The van der Waals surface area contributed by atoms with Gasteiger partial charge in [0.1, 0.15) is 23.9 Å². The molecule has 0 fully saturated rings. The molecule has 17 heteroatoms. The fourth-order valence-electron chi connectivity index (χ4n) is 12.1. The van der Waals surface area contributed by atoms with Gasteiger partial charge in [0.2, 0.25) is 20.4 Å². The molecule has 9 aromatic carbocycles. The first-order valence-corrected chi connectivity index (χ1v) is 33.6. The molecule has 5 heterocycles. The number of aliphatic hydroxyl groups is 1. The van der Waals surface area contributed by atoms with E-state index in [1.165, 1.54) is 16.7 Å². The lowest BCUT2D eigenvalue weighted by molar-refractivity contribution is 0.0534. The number of carbonyl (C=O) groups is 3. The van der Waals surface area contributed by atoms with Crippen LogP contribution in [0.2, 0.25) is 17.4 Å². The van der Waals surface area contributed by atoms with E-state index in [1.54, 1.807) is 33.3 Å². The molecular weight excluding hydrogens is 1160 g/mol. The van der Waals surface area contributed by atoms with Crippen molar-refractivity contribution >= 4 is 64.2 Å². The average molecular weight is 1230 g/mol. The van der Waals surface area contributed by atoms with Gasteiger partial charge in [-0.3, -0.25) is 9.59 Å². The normalized spacial score (nSPS) is 13.2. The van der Waals surface area contributed by atoms with Gasteiger partial charge >= 0.3 is 5.97 Å². The average Bonchev–Trinajstić information content (AvgIpc) is 1.47. The summed E-state index contributed by atoms with van der Waals surface area (Å²) in [4.78, 5) is 40.4. The van der Waals surface area contributed by atoms with Gasteiger partial charge in [-0.05, 0) is 162 Å². The van der Waals surface area contributed by atoms with Crippen LogP contribution in [0, 0.1) is 41.5 Å². The fourth-order valence-corrected chi connectivity index (χ4v) is 12.1. The zero-order chi connectivity index (χ0) is 64.6. The van der Waals surface area contributed by atoms with Crippen LogP contribution in [0.4, 0.5) is 0 Å². The predicted molar refractivity (Wildman–Crippen MR) is 354 cm³/mol. The molecule has 2 N–H and O–H groups in total. The maximum Gasteiger partial charge on any atom is 0.339 e. The van der Waals surface area contributed by atoms with Gasteiger partial charge < -0.3 is 62.7 Å². The van der Waals surface area contributed by atoms with E-state index >= 15 is 0 Å². The SMILES string of the molecule is CC.CNC(=O)c1c(CO)c(OC)c2cc(C)c(C)cc2c1-c1ccc2c(c1)OCO2.COc1c2c(c(-c3ccc4c(c3)OCO4)c3cc(C)c(C)cc13)C(=O)N(C)C2.COc1c2c(c(-c3ccc4c(c3)OCO4)c3cc(C)c(C)cc13)C(=O)OC2.[CH3][Al]([CH3])[CH3]. The first kappa shape index (κ1) is 63.9. The zero-order valence-corrected chi connectivity index (χ0v) is 55.3. The van der Waals surface area contributed by atoms with Crippen LogP contribution in [0.5, 0.6) is 51.7 Å². The number of aliphatic hydroxyl groups excluding tert-OH is 1. The lowest BCUT2D eigenvalue weighted by atomic mass is 9.86. The summed E-state index contributed by atoms with van der Waals surface area (Å²) in [5, 5.41) is 18.6. The molecule has 0 saturated carbocycles. The second-order valence-corrected chi connectivity index (χ2v) is 26.6. The summed E-state index contributed by atoms with van der Waals surface area (Å²) in [7, 11) is 8.26. The lowest BCUT2D eigenvalue weighted by Gasteiger charge is -2.21. The summed E-state index contributed by atoms with van der Waals surface area (Å²) in [5.74, 6) is 12.4. The molecule has 0 aromatic heterocycles. The third-order valence-electron chi connectivity index (χ3n) is 16.6. The molecule has 0 saturated heterocycles. The Hall–Kier alpha value is -9.14. The van der Waals surface area contributed by atoms with Crippen molar-refractivity contribution in [1.29, 1.82) is 0 Å². The maximum absolute atomic E-state index is 13.1. The number of aryl methyl sites for hydroxylation is 6. The van der Waals surface area contributed by atoms with Gasteiger partial charge in [0, 0.05) is 63.6 Å². The number of hydrogen-bond donors (Lipinski definition) is 2. The standard InChI is InChI=1S/C23H23NO5.C23H21NO4.C22H18O5.C2H6.3CH3.Al/c1-12-7-15-16(8-13(12)2)22(27-4)17(10-25)21(23(26)24-3)20(15)14-5-6-18-19(9-14)29-11-28-18;1-12-7-15-16(8-13(12)2)22(26-4)17-10-24(3)23(25)21(17)20(15)14-5-6-18-19(9-14)28-11-27-18;1-11-6-14-15(7-12(11)2)21(24-3)16-9-25-22(23)20(16)19(14)13-4-5-17-18(8-13)27-10-26-17;1-2;;;;/h5-9,25H,10-11H2,1-4H3,(H,24,26);5-9H,10-11H2,1-4H3;4-8H,9-10H2,1-3H3;1-2H3;3*1H3;. The molecule has 0 radical (unpaired) electrons. The summed E-state index contributed by atoms with van der Waals surface area (Å²) in [6.07, 6.45) is 0. The van der Waals surface area contributed by atoms with Crippen LogP contribution < -0.4 is 47.9 Å². The quantitative estimate of drug-likeness (QED) is 0.108. The van der Waals surface area contributed by atoms with E-state index in [0.717, 1.165) is 105 Å². The molecular formula is C73H77AlN2O14. The Balaban J connectivity index is 0.000000142. The number of amides is 2. The molecule has 14 rings (SSSR count). The number of nitrogens with zero attached hydrogens (tertiary/aromatic N) is 1. The Morgan fingerprint density at radius 1 is 0.500 bits per heavy atom. The van der Waals surface area contributed by atoms with E-state index in [1.807, 2.05) is 95.4 Å². The lowest BCUT2D eigenvalue weighted by Crippen LogP contribution is -2.21. The molecule has 5 aliphatic heterocycles. The molecule has 0 atom stereocenters. The Bertz CT molecular complexity index is 4360. The monoisotopic (exact) mass is 1230 g/mol. The Morgan fingerprint density at radius 3 is 1.26 bits per heavy atom. The van der Waals surface area contributed by atoms with E-state index in [9.17, 15) is 19.5 Å². The Morgan fingerprint density at radius 2 is 0.856 bits per heavy atom. The van der Waals surface area contributed by atoms with Crippen molar-refractivity contribution in [1.82, 2.24) is 10.2 Å². The molecule has 16 nitrogen and oxygen atoms in total. The van der Waals surface area contributed by atoms with Crippen LogP contribution in [0.25, 0.3) is 65.7 Å². The Labute approximate surface area is 529 Å². The number of benzene rings is 9. The molecule has 0 bridgehead atoms. The molecule has 9 aromatic rings. The van der Waals surface area contributed by atoms with Crippen molar-refractivity contribution in [3.63, 3.8) is 0 Å². The second kappa shape index (κ2) is 26.5. The number of hydrogen-bond acceptors (Lipinski definition) is 14. The predicted octanol–water partition coefficient (Wildman–Crippen LogP) is 15.1. The van der Waals surface area contributed by atoms with Crippen molar-refractivity contribution in [2.75, 3.05) is 55.8 Å². The van der Waals surface area contributed by atoms with Crippen molar-refractivity contribution in [3.05, 3.63) is 158 Å². The van der Waals surface area contributed by atoms with E-state index in [-0.39, 0.29) is 65.5 Å². The van der Waals surface area contributed by atoms with Gasteiger partial charge in [-0.25, -0.2) is 4.79 Å². The maximum atomic E-state index is 13.1. The van der Waals surface area contributed by atoms with Crippen LogP contribution in [0.3, 0.4) is 0 Å². The summed E-state index contributed by atoms with van der Waals surface area (Å²) in [6, 6.07) is 29.8. The van der Waals surface area contributed by atoms with Crippen molar-refractivity contribution in [3.8, 4) is 85.1 Å². The highest BCUT2D eigenvalue weighted by molar-refractivity contribution is 6.54. The number of methoxy groups -OCH3 is 3. The van der Waals surface area contributed by atoms with E-state index in [4.69, 9.17) is 47.4 Å². The van der Waals surface area contributed by atoms with E-state index < -0.39 is 0 Å². The number of esters is 1. The second-order valence-electron chi connectivity index (χ2n) is 23.1.